The summed E-state index contributed by atoms with van der Waals surface area (Å²) in [6.45, 7) is 10.6. The highest BCUT2D eigenvalue weighted by Crippen LogP contribution is 2.39. The first-order chi connectivity index (χ1) is 10.1. The molecule has 1 saturated carbocycles. The molecule has 0 spiro atoms. The highest BCUT2D eigenvalue weighted by molar-refractivity contribution is 5.80. The first-order valence-corrected chi connectivity index (χ1v) is 7.96. The van der Waals surface area contributed by atoms with Crippen LogP contribution in [0.2, 0.25) is 0 Å². The molecule has 1 aliphatic rings. The van der Waals surface area contributed by atoms with Gasteiger partial charge in [-0.15, -0.1) is 0 Å². The van der Waals surface area contributed by atoms with Crippen molar-refractivity contribution in [3.8, 4) is 6.07 Å². The molecule has 0 radical (unpaired) electrons. The van der Waals surface area contributed by atoms with Crippen molar-refractivity contribution in [2.45, 2.75) is 58.5 Å². The summed E-state index contributed by atoms with van der Waals surface area (Å²) in [7, 11) is 0. The summed E-state index contributed by atoms with van der Waals surface area (Å²) in [5, 5.41) is 15.0. The summed E-state index contributed by atoms with van der Waals surface area (Å²) in [6, 6.07) is 2.21. The van der Waals surface area contributed by atoms with Crippen LogP contribution in [0.5, 0.6) is 0 Å². The minimum Gasteiger partial charge on any atom is -0.347 e. The van der Waals surface area contributed by atoms with E-state index in [1.165, 1.54) is 0 Å². The second-order valence-corrected chi connectivity index (χ2v) is 7.39. The van der Waals surface area contributed by atoms with E-state index in [4.69, 9.17) is 0 Å². The van der Waals surface area contributed by atoms with Gasteiger partial charge in [-0.3, -0.25) is 9.59 Å². The van der Waals surface area contributed by atoms with Gasteiger partial charge in [0, 0.05) is 5.54 Å². The molecular weight excluding hydrogens is 280 g/mol. The number of rotatable bonds is 7. The monoisotopic (exact) mass is 309 g/mol. The summed E-state index contributed by atoms with van der Waals surface area (Å²) in [6.07, 6.45) is 1.98. The second-order valence-electron chi connectivity index (χ2n) is 7.39. The van der Waals surface area contributed by atoms with E-state index in [9.17, 15) is 14.9 Å². The number of likely N-dealkylation sites (N-methyl/N-ethyl adjacent to an activating group) is 1. The third-order valence-corrected chi connectivity index (χ3v) is 3.86. The van der Waals surface area contributed by atoms with Gasteiger partial charge in [0.25, 0.3) is 11.8 Å². The minimum absolute atomic E-state index is 0.0672. The quantitative estimate of drug-likeness (QED) is 0.599. The molecule has 1 unspecified atom stereocenters. The van der Waals surface area contributed by atoms with Crippen LogP contribution in [-0.4, -0.2) is 42.5 Å². The standard InChI is InChI=1S/C16H28N4O2/c1-6-20(9-13(21)18-15(2,3)4)10-14(22)19-16(5,11-17)12-7-8-12/h12H,6-10H2,1-5H3,(H,18,21)(H,19,22)/p+1/t16-/m1/s1. The van der Waals surface area contributed by atoms with E-state index >= 15 is 0 Å². The Balaban J connectivity index is 2.50. The fourth-order valence-corrected chi connectivity index (χ4v) is 2.44. The van der Waals surface area contributed by atoms with Crippen molar-refractivity contribution in [2.24, 2.45) is 5.92 Å². The van der Waals surface area contributed by atoms with Crippen molar-refractivity contribution in [3.05, 3.63) is 0 Å². The summed E-state index contributed by atoms with van der Waals surface area (Å²) in [5.74, 6) is 0.0227. The molecule has 0 aromatic rings. The van der Waals surface area contributed by atoms with Crippen LogP contribution in [0.1, 0.15) is 47.5 Å². The highest BCUT2D eigenvalue weighted by Gasteiger charge is 2.43. The number of nitriles is 1. The zero-order valence-electron chi connectivity index (χ0n) is 14.4. The molecule has 3 N–H and O–H groups in total. The van der Waals surface area contributed by atoms with E-state index in [0.717, 1.165) is 17.7 Å². The fraction of sp³-hybridized carbons (Fsp3) is 0.812. The first-order valence-electron chi connectivity index (χ1n) is 7.96. The number of nitrogens with zero attached hydrogens (tertiary/aromatic N) is 1. The molecule has 6 nitrogen and oxygen atoms in total. The summed E-state index contributed by atoms with van der Waals surface area (Å²) in [5.41, 5.74) is -1.05. The molecule has 0 saturated heterocycles. The van der Waals surface area contributed by atoms with Crippen LogP contribution in [-0.2, 0) is 9.59 Å². The molecule has 1 aliphatic carbocycles. The SMILES string of the molecule is CC[NH+](CC(=O)NC(C)(C)C)CC(=O)N[C@](C)(C#N)C1CC1. The van der Waals surface area contributed by atoms with Crippen molar-refractivity contribution in [1.29, 1.82) is 5.26 Å². The lowest BCUT2D eigenvalue weighted by Crippen LogP contribution is -3.14. The summed E-state index contributed by atoms with van der Waals surface area (Å²) in [4.78, 5) is 25.0. The predicted octanol–water partition coefficient (Wildman–Crippen LogP) is -0.386. The van der Waals surface area contributed by atoms with Gasteiger partial charge in [0.2, 0.25) is 0 Å². The second kappa shape index (κ2) is 7.10. The molecule has 2 atom stereocenters. The Labute approximate surface area is 133 Å². The summed E-state index contributed by atoms with van der Waals surface area (Å²) < 4.78 is 0. The lowest BCUT2D eigenvalue weighted by atomic mass is 9.98. The maximum Gasteiger partial charge on any atom is 0.276 e. The molecule has 2 amide bonds. The van der Waals surface area contributed by atoms with Gasteiger partial charge in [0.1, 0.15) is 5.54 Å². The van der Waals surface area contributed by atoms with Crippen LogP contribution in [0, 0.1) is 17.2 Å². The van der Waals surface area contributed by atoms with Gasteiger partial charge in [-0.25, -0.2) is 0 Å². The Morgan fingerprint density at radius 3 is 2.00 bits per heavy atom. The topological polar surface area (TPSA) is 86.4 Å². The highest BCUT2D eigenvalue weighted by atomic mass is 16.2. The maximum absolute atomic E-state index is 12.2. The van der Waals surface area contributed by atoms with Crippen LogP contribution in [0.4, 0.5) is 0 Å². The molecule has 1 fully saturated rings. The first kappa shape index (κ1) is 18.4. The van der Waals surface area contributed by atoms with Gasteiger partial charge in [0.05, 0.1) is 12.6 Å². The molecule has 0 aromatic heterocycles. The molecule has 1 rings (SSSR count). The number of carbonyl (C=O) groups is 2. The third kappa shape index (κ3) is 6.02. The Kier molecular flexibility index (Phi) is 5.95. The maximum atomic E-state index is 12.2. The molecule has 22 heavy (non-hydrogen) atoms. The average Bonchev–Trinajstić information content (AvgIpc) is 3.19. The molecule has 124 valence electrons. The van der Waals surface area contributed by atoms with E-state index in [-0.39, 0.29) is 36.4 Å². The Morgan fingerprint density at radius 1 is 1.14 bits per heavy atom. The zero-order chi connectivity index (χ0) is 17.0. The minimum atomic E-state index is -0.774. The number of hydrogen-bond donors (Lipinski definition) is 3. The van der Waals surface area contributed by atoms with Gasteiger partial charge in [-0.05, 0) is 53.4 Å². The Morgan fingerprint density at radius 2 is 1.64 bits per heavy atom. The van der Waals surface area contributed by atoms with Crippen molar-refractivity contribution < 1.29 is 14.5 Å². The van der Waals surface area contributed by atoms with Crippen LogP contribution in [0.3, 0.4) is 0 Å². The van der Waals surface area contributed by atoms with Crippen LogP contribution in [0.25, 0.3) is 0 Å². The predicted molar refractivity (Wildman–Crippen MR) is 84.0 cm³/mol. The van der Waals surface area contributed by atoms with Crippen molar-refractivity contribution in [3.63, 3.8) is 0 Å². The average molecular weight is 309 g/mol. The van der Waals surface area contributed by atoms with Gasteiger partial charge in [0.15, 0.2) is 13.1 Å². The van der Waals surface area contributed by atoms with E-state index in [1.807, 2.05) is 27.7 Å². The van der Waals surface area contributed by atoms with Crippen LogP contribution >= 0.6 is 0 Å². The molecule has 0 heterocycles. The normalized spacial score (nSPS) is 18.7. The molecule has 6 heteroatoms. The van der Waals surface area contributed by atoms with Gasteiger partial charge in [-0.2, -0.15) is 5.26 Å². The molecule has 0 aliphatic heterocycles. The van der Waals surface area contributed by atoms with E-state index < -0.39 is 5.54 Å². The molecule has 0 bridgehead atoms. The van der Waals surface area contributed by atoms with E-state index in [1.54, 1.807) is 6.92 Å². The van der Waals surface area contributed by atoms with Crippen molar-refractivity contribution in [2.75, 3.05) is 19.6 Å². The number of quaternary nitrogens is 1. The number of carbonyl (C=O) groups excluding carboxylic acids is 2. The summed E-state index contributed by atoms with van der Waals surface area (Å²) >= 11 is 0. The zero-order valence-corrected chi connectivity index (χ0v) is 14.4. The van der Waals surface area contributed by atoms with Crippen LogP contribution < -0.4 is 15.5 Å². The third-order valence-electron chi connectivity index (χ3n) is 3.86. The number of nitrogens with one attached hydrogen (secondary N) is 3. The molecular formula is C16H29N4O2+. The van der Waals surface area contributed by atoms with Gasteiger partial charge in [-0.1, -0.05) is 0 Å². The number of amides is 2. The molecule has 0 aromatic carbocycles. The Bertz CT molecular complexity index is 460. The number of hydrogen-bond acceptors (Lipinski definition) is 3. The largest absolute Gasteiger partial charge is 0.347 e. The van der Waals surface area contributed by atoms with Crippen molar-refractivity contribution in [1.82, 2.24) is 10.6 Å². The van der Waals surface area contributed by atoms with E-state index in [2.05, 4.69) is 16.7 Å². The Hall–Kier alpha value is -1.61. The van der Waals surface area contributed by atoms with Crippen LogP contribution in [0.15, 0.2) is 0 Å². The lowest BCUT2D eigenvalue weighted by molar-refractivity contribution is -0.882. The lowest BCUT2D eigenvalue weighted by Gasteiger charge is -2.25. The van der Waals surface area contributed by atoms with E-state index in [0.29, 0.717) is 6.54 Å². The van der Waals surface area contributed by atoms with Gasteiger partial charge < -0.3 is 15.5 Å². The van der Waals surface area contributed by atoms with Gasteiger partial charge >= 0.3 is 0 Å². The smallest absolute Gasteiger partial charge is 0.276 e. The van der Waals surface area contributed by atoms with Crippen molar-refractivity contribution >= 4 is 11.8 Å². The fourth-order valence-electron chi connectivity index (χ4n) is 2.44.